The highest BCUT2D eigenvalue weighted by Crippen LogP contribution is 2.38. The molecule has 4 rings (SSSR count). The van der Waals surface area contributed by atoms with Gasteiger partial charge in [0.15, 0.2) is 0 Å². The van der Waals surface area contributed by atoms with Crippen molar-refractivity contribution in [2.75, 3.05) is 30.8 Å². The second-order valence-corrected chi connectivity index (χ2v) is 7.76. The Labute approximate surface area is 183 Å². The Balaban J connectivity index is 1.34. The van der Waals surface area contributed by atoms with E-state index in [1.807, 2.05) is 42.6 Å². The number of nitrogens with two attached hydrogens (primary N) is 1. The van der Waals surface area contributed by atoms with Gasteiger partial charge in [0.05, 0.1) is 12.3 Å². The zero-order valence-electron chi connectivity index (χ0n) is 17.8. The highest BCUT2D eigenvalue weighted by Gasteiger charge is 2.21. The van der Waals surface area contributed by atoms with Crippen LogP contribution in [0.25, 0.3) is 0 Å². The molecule has 1 aromatic carbocycles. The zero-order valence-corrected chi connectivity index (χ0v) is 17.8. The number of nitrogens with one attached hydrogen (secondary N) is 1. The lowest BCUT2D eigenvalue weighted by atomic mass is 9.94. The Morgan fingerprint density at radius 1 is 1.00 bits per heavy atom. The van der Waals surface area contributed by atoms with Gasteiger partial charge in [0.1, 0.15) is 11.4 Å². The van der Waals surface area contributed by atoms with E-state index in [0.29, 0.717) is 24.7 Å². The van der Waals surface area contributed by atoms with Gasteiger partial charge in [-0.25, -0.2) is 4.98 Å². The van der Waals surface area contributed by atoms with Crippen LogP contribution in [0.3, 0.4) is 0 Å². The molecule has 0 saturated carbocycles. The minimum Gasteiger partial charge on any atom is -0.437 e. The number of nitrogen functional groups attached to an aromatic ring is 1. The van der Waals surface area contributed by atoms with Crippen molar-refractivity contribution in [3.05, 3.63) is 71.7 Å². The van der Waals surface area contributed by atoms with Gasteiger partial charge in [-0.1, -0.05) is 24.3 Å². The zero-order chi connectivity index (χ0) is 21.3. The fourth-order valence-electron chi connectivity index (χ4n) is 3.89. The summed E-state index contributed by atoms with van der Waals surface area (Å²) in [6.45, 7) is 2.04. The average Bonchev–Trinajstić information content (AvgIpc) is 2.82. The second kappa shape index (κ2) is 10.8. The number of ether oxygens (including phenoxy) is 2. The lowest BCUT2D eigenvalue weighted by molar-refractivity contribution is 0.141. The van der Waals surface area contributed by atoms with Crippen LogP contribution in [0.5, 0.6) is 11.6 Å². The SMILES string of the molecule is Nc1c(Oc2ccccc2)nc2c(c1NCCOCCCc1cccnc1)CCCC2. The van der Waals surface area contributed by atoms with Crippen LogP contribution in [0.2, 0.25) is 0 Å². The van der Waals surface area contributed by atoms with Crippen molar-refractivity contribution in [2.45, 2.75) is 38.5 Å². The molecule has 0 radical (unpaired) electrons. The molecule has 2 heterocycles. The first-order valence-electron chi connectivity index (χ1n) is 11.1. The third-order valence-electron chi connectivity index (χ3n) is 5.46. The predicted molar refractivity (Wildman–Crippen MR) is 124 cm³/mol. The Bertz CT molecular complexity index is 964. The highest BCUT2D eigenvalue weighted by molar-refractivity contribution is 5.76. The molecule has 6 heteroatoms. The molecule has 0 unspecified atom stereocenters. The largest absolute Gasteiger partial charge is 0.437 e. The maximum atomic E-state index is 6.49. The second-order valence-electron chi connectivity index (χ2n) is 7.76. The van der Waals surface area contributed by atoms with Crippen LogP contribution < -0.4 is 15.8 Å². The van der Waals surface area contributed by atoms with Crippen LogP contribution in [0, 0.1) is 0 Å². The summed E-state index contributed by atoms with van der Waals surface area (Å²) >= 11 is 0. The first-order valence-corrected chi connectivity index (χ1v) is 11.1. The molecule has 2 aromatic heterocycles. The Hall–Kier alpha value is -3.12. The third-order valence-corrected chi connectivity index (χ3v) is 5.46. The van der Waals surface area contributed by atoms with Crippen molar-refractivity contribution in [3.63, 3.8) is 0 Å². The molecule has 1 aliphatic rings. The molecule has 3 aromatic rings. The normalized spacial score (nSPS) is 12.9. The minimum absolute atomic E-state index is 0.478. The molecule has 0 saturated heterocycles. The molecule has 0 amide bonds. The molecule has 1 aliphatic carbocycles. The molecule has 3 N–H and O–H groups in total. The van der Waals surface area contributed by atoms with Crippen molar-refractivity contribution in [1.82, 2.24) is 9.97 Å². The molecule has 162 valence electrons. The molecule has 6 nitrogen and oxygen atoms in total. The van der Waals surface area contributed by atoms with E-state index in [2.05, 4.69) is 16.4 Å². The Morgan fingerprint density at radius 3 is 2.71 bits per heavy atom. The van der Waals surface area contributed by atoms with E-state index in [1.165, 1.54) is 11.1 Å². The van der Waals surface area contributed by atoms with E-state index in [-0.39, 0.29) is 0 Å². The summed E-state index contributed by atoms with van der Waals surface area (Å²) in [4.78, 5) is 8.89. The van der Waals surface area contributed by atoms with E-state index >= 15 is 0 Å². The lowest BCUT2D eigenvalue weighted by Crippen LogP contribution is -2.17. The number of nitrogens with zero attached hydrogens (tertiary/aromatic N) is 2. The van der Waals surface area contributed by atoms with Crippen molar-refractivity contribution in [2.24, 2.45) is 0 Å². The fraction of sp³-hybridized carbons (Fsp3) is 0.360. The third kappa shape index (κ3) is 5.73. The van der Waals surface area contributed by atoms with Gasteiger partial charge in [0, 0.05) is 31.2 Å². The van der Waals surface area contributed by atoms with Gasteiger partial charge in [-0.3, -0.25) is 4.98 Å². The Morgan fingerprint density at radius 2 is 1.87 bits per heavy atom. The van der Waals surface area contributed by atoms with Gasteiger partial charge >= 0.3 is 0 Å². The number of benzene rings is 1. The molecule has 0 aliphatic heterocycles. The van der Waals surface area contributed by atoms with Crippen molar-refractivity contribution < 1.29 is 9.47 Å². The number of pyridine rings is 2. The van der Waals surface area contributed by atoms with Crippen LogP contribution in [-0.4, -0.2) is 29.7 Å². The van der Waals surface area contributed by atoms with E-state index in [1.54, 1.807) is 6.20 Å². The maximum Gasteiger partial charge on any atom is 0.245 e. The molecule has 31 heavy (non-hydrogen) atoms. The summed E-state index contributed by atoms with van der Waals surface area (Å²) in [6.07, 6.45) is 9.92. The topological polar surface area (TPSA) is 82.3 Å². The van der Waals surface area contributed by atoms with Gasteiger partial charge in [0.25, 0.3) is 0 Å². The van der Waals surface area contributed by atoms with Crippen LogP contribution in [0.4, 0.5) is 11.4 Å². The Kier molecular flexibility index (Phi) is 7.34. The summed E-state index contributed by atoms with van der Waals surface area (Å²) in [7, 11) is 0. The van der Waals surface area contributed by atoms with Gasteiger partial charge in [-0.05, 0) is 67.9 Å². The molecular formula is C25H30N4O2. The highest BCUT2D eigenvalue weighted by atomic mass is 16.5. The van der Waals surface area contributed by atoms with Crippen LogP contribution >= 0.6 is 0 Å². The van der Waals surface area contributed by atoms with Gasteiger partial charge in [-0.2, -0.15) is 0 Å². The minimum atomic E-state index is 0.478. The van der Waals surface area contributed by atoms with E-state index in [9.17, 15) is 0 Å². The standard InChI is InChI=1S/C25H30N4O2/c26-23-24(28-15-17-30-16-7-9-19-8-6-14-27-18-19)21-12-4-5-13-22(21)29-25(23)31-20-10-2-1-3-11-20/h1-3,6,8,10-11,14,18H,4-5,7,9,12-13,15-17,26H2,(H,28,29). The number of para-hydroxylation sites is 1. The first-order chi connectivity index (χ1) is 15.3. The van der Waals surface area contributed by atoms with Gasteiger partial charge < -0.3 is 20.5 Å². The maximum absolute atomic E-state index is 6.49. The average molecular weight is 419 g/mol. The van der Waals surface area contributed by atoms with E-state index < -0.39 is 0 Å². The number of fused-ring (bicyclic) bond motifs is 1. The van der Waals surface area contributed by atoms with E-state index in [0.717, 1.165) is 62.3 Å². The molecule has 0 fully saturated rings. The summed E-state index contributed by atoms with van der Waals surface area (Å²) < 4.78 is 11.8. The van der Waals surface area contributed by atoms with Crippen LogP contribution in [-0.2, 0) is 24.0 Å². The van der Waals surface area contributed by atoms with E-state index in [4.69, 9.17) is 20.2 Å². The smallest absolute Gasteiger partial charge is 0.245 e. The predicted octanol–water partition coefficient (Wildman–Crippen LogP) is 4.79. The van der Waals surface area contributed by atoms with Crippen molar-refractivity contribution in [1.29, 1.82) is 0 Å². The number of aryl methyl sites for hydroxylation is 2. The first kappa shape index (κ1) is 21.1. The molecular weight excluding hydrogens is 388 g/mol. The lowest BCUT2D eigenvalue weighted by Gasteiger charge is -2.23. The molecule has 0 spiro atoms. The molecule has 0 atom stereocenters. The summed E-state index contributed by atoms with van der Waals surface area (Å²) in [5, 5.41) is 3.50. The summed E-state index contributed by atoms with van der Waals surface area (Å²) in [5.41, 5.74) is 11.6. The van der Waals surface area contributed by atoms with Gasteiger partial charge in [-0.15, -0.1) is 0 Å². The number of anilines is 2. The van der Waals surface area contributed by atoms with Crippen molar-refractivity contribution in [3.8, 4) is 11.6 Å². The number of rotatable bonds is 10. The molecule has 0 bridgehead atoms. The number of hydrogen-bond donors (Lipinski definition) is 2. The number of hydrogen-bond acceptors (Lipinski definition) is 6. The summed E-state index contributed by atoms with van der Waals surface area (Å²) in [5.74, 6) is 1.21. The monoisotopic (exact) mass is 418 g/mol. The van der Waals surface area contributed by atoms with Gasteiger partial charge in [0.2, 0.25) is 5.88 Å². The summed E-state index contributed by atoms with van der Waals surface area (Å²) in [6, 6.07) is 13.7. The fourth-order valence-corrected chi connectivity index (χ4v) is 3.89. The van der Waals surface area contributed by atoms with Crippen LogP contribution in [0.1, 0.15) is 36.1 Å². The van der Waals surface area contributed by atoms with Crippen LogP contribution in [0.15, 0.2) is 54.9 Å². The quantitative estimate of drug-likeness (QED) is 0.461. The van der Waals surface area contributed by atoms with Crippen molar-refractivity contribution >= 4 is 11.4 Å². The number of aromatic nitrogens is 2.